The summed E-state index contributed by atoms with van der Waals surface area (Å²) in [6.45, 7) is 5.24. The number of primary sulfonamides is 1. The van der Waals surface area contributed by atoms with Crippen LogP contribution in [0.4, 0.5) is 0 Å². The zero-order valence-electron chi connectivity index (χ0n) is 16.9. The molecule has 2 N–H and O–H groups in total. The number of nitrogens with zero attached hydrogens (tertiary/aromatic N) is 2. The smallest absolute Gasteiger partial charge is 0.253 e. The number of carbonyl (C=O) groups is 1. The van der Waals surface area contributed by atoms with Crippen LogP contribution in [-0.4, -0.2) is 50.3 Å². The number of hydrogen-bond donors (Lipinski definition) is 1. The first-order valence-corrected chi connectivity index (χ1v) is 11.5. The van der Waals surface area contributed by atoms with Gasteiger partial charge in [-0.25, -0.2) is 13.6 Å². The Kier molecular flexibility index (Phi) is 5.60. The van der Waals surface area contributed by atoms with Gasteiger partial charge in [-0.05, 0) is 41.0 Å². The summed E-state index contributed by atoms with van der Waals surface area (Å²) in [5, 5.41) is 7.77. The largest absolute Gasteiger partial charge is 0.336 e. The van der Waals surface area contributed by atoms with Gasteiger partial charge in [0, 0.05) is 38.3 Å². The molecule has 1 aliphatic heterocycles. The summed E-state index contributed by atoms with van der Waals surface area (Å²) in [6, 6.07) is 19.4. The van der Waals surface area contributed by atoms with E-state index in [1.165, 1.54) is 22.4 Å². The molecule has 30 heavy (non-hydrogen) atoms. The van der Waals surface area contributed by atoms with Gasteiger partial charge in [-0.1, -0.05) is 48.5 Å². The monoisotopic (exact) mass is 423 g/mol. The molecule has 0 saturated carbocycles. The van der Waals surface area contributed by atoms with Crippen LogP contribution in [0.15, 0.2) is 65.6 Å². The van der Waals surface area contributed by atoms with Crippen molar-refractivity contribution in [1.29, 1.82) is 0 Å². The average molecular weight is 424 g/mol. The molecule has 1 aliphatic rings. The van der Waals surface area contributed by atoms with E-state index in [-0.39, 0.29) is 10.8 Å². The van der Waals surface area contributed by atoms with E-state index in [2.05, 4.69) is 41.3 Å². The van der Waals surface area contributed by atoms with Gasteiger partial charge in [0.15, 0.2) is 0 Å². The normalized spacial score (nSPS) is 15.5. The number of nitrogens with two attached hydrogens (primary N) is 1. The van der Waals surface area contributed by atoms with Crippen molar-refractivity contribution in [3.8, 4) is 0 Å². The van der Waals surface area contributed by atoms with Gasteiger partial charge in [0.2, 0.25) is 10.0 Å². The van der Waals surface area contributed by atoms with Crippen molar-refractivity contribution in [3.63, 3.8) is 0 Å². The topological polar surface area (TPSA) is 83.7 Å². The molecular formula is C23H25N3O3S. The second-order valence-corrected chi connectivity index (χ2v) is 9.26. The highest BCUT2D eigenvalue weighted by molar-refractivity contribution is 7.89. The Morgan fingerprint density at radius 3 is 2.40 bits per heavy atom. The zero-order chi connectivity index (χ0) is 21.3. The quantitative estimate of drug-likeness (QED) is 0.699. The maximum atomic E-state index is 12.9. The summed E-state index contributed by atoms with van der Waals surface area (Å²) in [4.78, 5) is 17.0. The first kappa shape index (κ1) is 20.5. The molecule has 1 amide bonds. The van der Waals surface area contributed by atoms with Gasteiger partial charge in [-0.3, -0.25) is 9.69 Å². The lowest BCUT2D eigenvalue weighted by atomic mass is 10.0. The van der Waals surface area contributed by atoms with Crippen molar-refractivity contribution in [2.24, 2.45) is 5.14 Å². The molecule has 0 atom stereocenters. The van der Waals surface area contributed by atoms with Gasteiger partial charge in [-0.2, -0.15) is 0 Å². The van der Waals surface area contributed by atoms with Gasteiger partial charge < -0.3 is 4.90 Å². The van der Waals surface area contributed by atoms with E-state index in [1.54, 1.807) is 24.0 Å². The van der Waals surface area contributed by atoms with Crippen LogP contribution in [0, 0.1) is 6.92 Å². The summed E-state index contributed by atoms with van der Waals surface area (Å²) in [6.07, 6.45) is 0. The standard InChI is InChI=1S/C23H25N3O3S/c1-17-9-10-19(15-22(17)30(24,28)29)23(27)26-13-11-25(12-14-26)16-20-7-4-6-18-5-2-3-8-21(18)20/h2-10,15H,11-14,16H2,1H3,(H2,24,28,29). The Morgan fingerprint density at radius 2 is 1.67 bits per heavy atom. The predicted molar refractivity (Wildman–Crippen MR) is 118 cm³/mol. The third kappa shape index (κ3) is 4.23. The molecule has 0 radical (unpaired) electrons. The van der Waals surface area contributed by atoms with E-state index in [0.29, 0.717) is 24.2 Å². The van der Waals surface area contributed by atoms with E-state index in [0.717, 1.165) is 19.6 Å². The summed E-state index contributed by atoms with van der Waals surface area (Å²) in [5.74, 6) is -0.162. The zero-order valence-corrected chi connectivity index (χ0v) is 17.7. The Balaban J connectivity index is 1.44. The molecule has 7 heteroatoms. The third-order valence-electron chi connectivity index (χ3n) is 5.68. The molecule has 0 bridgehead atoms. The Hall–Kier alpha value is -2.74. The van der Waals surface area contributed by atoms with Crippen molar-refractivity contribution in [2.75, 3.05) is 26.2 Å². The van der Waals surface area contributed by atoms with Crippen LogP contribution < -0.4 is 5.14 Å². The minimum atomic E-state index is -3.86. The number of amides is 1. The molecular weight excluding hydrogens is 398 g/mol. The highest BCUT2D eigenvalue weighted by atomic mass is 32.2. The SMILES string of the molecule is Cc1ccc(C(=O)N2CCN(Cc3cccc4ccccc34)CC2)cc1S(N)(=O)=O. The summed E-state index contributed by atoms with van der Waals surface area (Å²) in [7, 11) is -3.86. The number of carbonyl (C=O) groups excluding carboxylic acids is 1. The second-order valence-electron chi connectivity index (χ2n) is 7.73. The minimum Gasteiger partial charge on any atom is -0.336 e. The number of sulfonamides is 1. The molecule has 1 fully saturated rings. The molecule has 156 valence electrons. The molecule has 0 aliphatic carbocycles. The van der Waals surface area contributed by atoms with Crippen LogP contribution in [0.2, 0.25) is 0 Å². The molecule has 0 unspecified atom stereocenters. The number of benzene rings is 3. The van der Waals surface area contributed by atoms with E-state index in [9.17, 15) is 13.2 Å². The Labute approximate surface area is 177 Å². The van der Waals surface area contributed by atoms with Crippen LogP contribution in [0.1, 0.15) is 21.5 Å². The maximum Gasteiger partial charge on any atom is 0.253 e. The third-order valence-corrected chi connectivity index (χ3v) is 6.73. The van der Waals surface area contributed by atoms with E-state index < -0.39 is 10.0 Å². The molecule has 3 aromatic carbocycles. The molecule has 1 saturated heterocycles. The fraction of sp³-hybridized carbons (Fsp3) is 0.261. The number of aryl methyl sites for hydroxylation is 1. The van der Waals surface area contributed by atoms with Crippen molar-refractivity contribution in [2.45, 2.75) is 18.4 Å². The fourth-order valence-electron chi connectivity index (χ4n) is 4.00. The van der Waals surface area contributed by atoms with E-state index in [1.807, 2.05) is 6.07 Å². The number of hydrogen-bond acceptors (Lipinski definition) is 4. The highest BCUT2D eigenvalue weighted by Crippen LogP contribution is 2.21. The van der Waals surface area contributed by atoms with Gasteiger partial charge in [-0.15, -0.1) is 0 Å². The summed E-state index contributed by atoms with van der Waals surface area (Å²) >= 11 is 0. The van der Waals surface area contributed by atoms with Gasteiger partial charge in [0.05, 0.1) is 4.90 Å². The van der Waals surface area contributed by atoms with Gasteiger partial charge in [0.1, 0.15) is 0 Å². The molecule has 3 aromatic rings. The van der Waals surface area contributed by atoms with E-state index in [4.69, 9.17) is 5.14 Å². The van der Waals surface area contributed by atoms with E-state index >= 15 is 0 Å². The second kappa shape index (κ2) is 8.18. The number of fused-ring (bicyclic) bond motifs is 1. The lowest BCUT2D eigenvalue weighted by Crippen LogP contribution is -2.48. The van der Waals surface area contributed by atoms with Crippen molar-refractivity contribution < 1.29 is 13.2 Å². The van der Waals surface area contributed by atoms with Crippen LogP contribution in [0.5, 0.6) is 0 Å². The van der Waals surface area contributed by atoms with Gasteiger partial charge >= 0.3 is 0 Å². The molecule has 4 rings (SSSR count). The molecule has 6 nitrogen and oxygen atoms in total. The summed E-state index contributed by atoms with van der Waals surface area (Å²) in [5.41, 5.74) is 2.17. The van der Waals surface area contributed by atoms with Crippen molar-refractivity contribution in [1.82, 2.24) is 9.80 Å². The Morgan fingerprint density at radius 1 is 0.967 bits per heavy atom. The Bertz CT molecular complexity index is 1190. The highest BCUT2D eigenvalue weighted by Gasteiger charge is 2.24. The van der Waals surface area contributed by atoms with Crippen LogP contribution in [-0.2, 0) is 16.6 Å². The average Bonchev–Trinajstić information content (AvgIpc) is 2.74. The van der Waals surface area contributed by atoms with Crippen LogP contribution in [0.25, 0.3) is 10.8 Å². The van der Waals surface area contributed by atoms with Crippen LogP contribution in [0.3, 0.4) is 0 Å². The molecule has 1 heterocycles. The summed E-state index contributed by atoms with van der Waals surface area (Å²) < 4.78 is 23.5. The minimum absolute atomic E-state index is 0.00272. The number of piperazine rings is 1. The maximum absolute atomic E-state index is 12.9. The predicted octanol–water partition coefficient (Wildman–Crippen LogP) is 2.75. The van der Waals surface area contributed by atoms with Crippen molar-refractivity contribution >= 4 is 26.7 Å². The lowest BCUT2D eigenvalue weighted by Gasteiger charge is -2.35. The molecule has 0 spiro atoms. The van der Waals surface area contributed by atoms with Gasteiger partial charge in [0.25, 0.3) is 5.91 Å². The van der Waals surface area contributed by atoms with Crippen molar-refractivity contribution in [3.05, 3.63) is 77.4 Å². The van der Waals surface area contributed by atoms with Crippen LogP contribution >= 0.6 is 0 Å². The first-order valence-electron chi connectivity index (χ1n) is 9.94. The lowest BCUT2D eigenvalue weighted by molar-refractivity contribution is 0.0628. The molecule has 0 aromatic heterocycles. The first-order chi connectivity index (χ1) is 14.3. The number of rotatable bonds is 4. The fourth-order valence-corrected chi connectivity index (χ4v) is 4.81.